The van der Waals surface area contributed by atoms with E-state index in [0.717, 1.165) is 35.1 Å². The summed E-state index contributed by atoms with van der Waals surface area (Å²) >= 11 is 0. The molecule has 0 aliphatic rings. The van der Waals surface area contributed by atoms with E-state index >= 15 is 0 Å². The summed E-state index contributed by atoms with van der Waals surface area (Å²) in [6.45, 7) is 14.8. The van der Waals surface area contributed by atoms with Crippen LogP contribution in [0.1, 0.15) is 86.8 Å². The van der Waals surface area contributed by atoms with E-state index in [-0.39, 0.29) is 23.7 Å². The number of benzene rings is 4. The second-order valence-electron chi connectivity index (χ2n) is 13.6. The second-order valence-corrected chi connectivity index (χ2v) is 13.6. The maximum absolute atomic E-state index is 14.1. The van der Waals surface area contributed by atoms with Gasteiger partial charge in [-0.05, 0) is 71.9 Å². The Hall–Kier alpha value is -4.18. The third kappa shape index (κ3) is 10.2. The van der Waals surface area contributed by atoms with Gasteiger partial charge in [-0.3, -0.25) is 9.59 Å². The van der Waals surface area contributed by atoms with Crippen molar-refractivity contribution in [3.8, 4) is 0 Å². The van der Waals surface area contributed by atoms with Gasteiger partial charge in [0.25, 0.3) is 0 Å². The van der Waals surface area contributed by atoms with E-state index in [4.69, 9.17) is 0 Å². The van der Waals surface area contributed by atoms with Crippen molar-refractivity contribution in [1.82, 2.24) is 9.80 Å². The molecule has 0 N–H and O–H groups in total. The van der Waals surface area contributed by atoms with Crippen molar-refractivity contribution in [2.45, 2.75) is 79.3 Å². The third-order valence-electron chi connectivity index (χ3n) is 8.68. The van der Waals surface area contributed by atoms with Crippen LogP contribution in [0.25, 0.3) is 0 Å². The maximum Gasteiger partial charge on any atom is 0.230 e. The minimum atomic E-state index is -0.293. The lowest BCUT2D eigenvalue weighted by molar-refractivity contribution is -0.137. The Kier molecular flexibility index (Phi) is 12.8. The van der Waals surface area contributed by atoms with E-state index in [1.165, 1.54) is 11.1 Å². The fourth-order valence-corrected chi connectivity index (χ4v) is 6.04. The van der Waals surface area contributed by atoms with E-state index in [1.807, 2.05) is 60.0 Å². The molecule has 4 aromatic rings. The summed E-state index contributed by atoms with van der Waals surface area (Å²) in [6.07, 6.45) is 2.04. The smallest absolute Gasteiger partial charge is 0.230 e. The Balaban J connectivity index is 1.55. The first-order valence-electron chi connectivity index (χ1n) is 16.9. The molecule has 242 valence electrons. The lowest BCUT2D eigenvalue weighted by Crippen LogP contribution is -2.43. The molecule has 0 aliphatic carbocycles. The average Bonchev–Trinajstić information content (AvgIpc) is 3.05. The van der Waals surface area contributed by atoms with Crippen LogP contribution < -0.4 is 0 Å². The molecule has 2 atom stereocenters. The summed E-state index contributed by atoms with van der Waals surface area (Å²) in [5.74, 6) is 0.721. The van der Waals surface area contributed by atoms with Crippen LogP contribution in [0.3, 0.4) is 0 Å². The number of nitrogens with zero attached hydrogens (tertiary/aromatic N) is 2. The van der Waals surface area contributed by atoms with Crippen LogP contribution in [0.15, 0.2) is 109 Å². The predicted molar refractivity (Wildman–Crippen MR) is 191 cm³/mol. The standard InChI is InChI=1S/C42H52N2O2/c1-31(2)27-35-17-21-39(22-18-35)33(5)41(45)43(29-37-13-9-7-10-14-37)25-26-44(30-38-15-11-8-12-16-38)42(46)34(6)40-23-19-36(20-24-40)28-32(3)4/h7-24,31-34H,25-30H2,1-6H3. The summed E-state index contributed by atoms with van der Waals surface area (Å²) in [7, 11) is 0. The lowest BCUT2D eigenvalue weighted by atomic mass is 9.95. The highest BCUT2D eigenvalue weighted by molar-refractivity contribution is 5.84. The number of amides is 2. The van der Waals surface area contributed by atoms with Crippen molar-refractivity contribution in [3.05, 3.63) is 143 Å². The van der Waals surface area contributed by atoms with Crippen molar-refractivity contribution in [2.75, 3.05) is 13.1 Å². The highest BCUT2D eigenvalue weighted by Crippen LogP contribution is 2.24. The summed E-state index contributed by atoms with van der Waals surface area (Å²) in [5, 5.41) is 0. The molecular formula is C42H52N2O2. The minimum Gasteiger partial charge on any atom is -0.336 e. The van der Waals surface area contributed by atoms with Crippen molar-refractivity contribution in [1.29, 1.82) is 0 Å². The SMILES string of the molecule is CC(C)Cc1ccc(C(C)C(=O)N(CCN(Cc2ccccc2)C(=O)C(C)c2ccc(CC(C)C)cc2)Cc2ccccc2)cc1. The number of carbonyl (C=O) groups excluding carboxylic acids is 2. The summed E-state index contributed by atoms with van der Waals surface area (Å²) in [6, 6.07) is 37.2. The van der Waals surface area contributed by atoms with Gasteiger partial charge in [-0.1, -0.05) is 137 Å². The van der Waals surface area contributed by atoms with Crippen LogP contribution in [-0.2, 0) is 35.5 Å². The molecule has 0 radical (unpaired) electrons. The van der Waals surface area contributed by atoms with E-state index in [9.17, 15) is 9.59 Å². The van der Waals surface area contributed by atoms with Crippen molar-refractivity contribution in [2.24, 2.45) is 11.8 Å². The van der Waals surface area contributed by atoms with Crippen LogP contribution >= 0.6 is 0 Å². The molecule has 4 nitrogen and oxygen atoms in total. The molecule has 4 rings (SSSR count). The average molecular weight is 617 g/mol. The van der Waals surface area contributed by atoms with E-state index in [2.05, 4.69) is 100 Å². The topological polar surface area (TPSA) is 40.6 Å². The molecule has 46 heavy (non-hydrogen) atoms. The first-order chi connectivity index (χ1) is 22.1. The molecule has 0 heterocycles. The lowest BCUT2D eigenvalue weighted by Gasteiger charge is -2.31. The highest BCUT2D eigenvalue weighted by atomic mass is 16.2. The van der Waals surface area contributed by atoms with Gasteiger partial charge in [0.15, 0.2) is 0 Å². The Morgan fingerprint density at radius 1 is 0.457 bits per heavy atom. The van der Waals surface area contributed by atoms with Gasteiger partial charge in [-0.25, -0.2) is 0 Å². The first kappa shape index (κ1) is 34.7. The van der Waals surface area contributed by atoms with Gasteiger partial charge < -0.3 is 9.80 Å². The van der Waals surface area contributed by atoms with Gasteiger partial charge in [0, 0.05) is 26.2 Å². The van der Waals surface area contributed by atoms with Crippen molar-refractivity contribution < 1.29 is 9.59 Å². The molecule has 4 aromatic carbocycles. The van der Waals surface area contributed by atoms with E-state index < -0.39 is 0 Å². The zero-order valence-corrected chi connectivity index (χ0v) is 28.7. The summed E-state index contributed by atoms with van der Waals surface area (Å²) < 4.78 is 0. The van der Waals surface area contributed by atoms with E-state index in [0.29, 0.717) is 38.0 Å². The monoisotopic (exact) mass is 616 g/mol. The molecule has 0 aliphatic heterocycles. The van der Waals surface area contributed by atoms with Gasteiger partial charge in [-0.15, -0.1) is 0 Å². The molecule has 2 amide bonds. The predicted octanol–water partition coefficient (Wildman–Crippen LogP) is 9.05. The molecule has 0 saturated heterocycles. The summed E-state index contributed by atoms with van der Waals surface area (Å²) in [4.78, 5) is 32.1. The van der Waals surface area contributed by atoms with Crippen LogP contribution in [-0.4, -0.2) is 34.7 Å². The van der Waals surface area contributed by atoms with Crippen LogP contribution in [0.5, 0.6) is 0 Å². The van der Waals surface area contributed by atoms with Crippen molar-refractivity contribution >= 4 is 11.8 Å². The largest absolute Gasteiger partial charge is 0.336 e. The Morgan fingerprint density at radius 3 is 1.09 bits per heavy atom. The molecule has 2 unspecified atom stereocenters. The third-order valence-corrected chi connectivity index (χ3v) is 8.68. The second kappa shape index (κ2) is 16.9. The normalized spacial score (nSPS) is 12.6. The summed E-state index contributed by atoms with van der Waals surface area (Å²) in [5.41, 5.74) is 6.76. The zero-order chi connectivity index (χ0) is 33.1. The van der Waals surface area contributed by atoms with Crippen molar-refractivity contribution in [3.63, 3.8) is 0 Å². The Morgan fingerprint density at radius 2 is 0.783 bits per heavy atom. The minimum absolute atomic E-state index is 0.0707. The van der Waals surface area contributed by atoms with Gasteiger partial charge in [-0.2, -0.15) is 0 Å². The molecule has 0 aromatic heterocycles. The molecule has 0 saturated carbocycles. The zero-order valence-electron chi connectivity index (χ0n) is 28.7. The highest BCUT2D eigenvalue weighted by Gasteiger charge is 2.26. The van der Waals surface area contributed by atoms with Gasteiger partial charge in [0.05, 0.1) is 11.8 Å². The molecular weight excluding hydrogens is 564 g/mol. The first-order valence-corrected chi connectivity index (χ1v) is 16.9. The number of rotatable bonds is 15. The molecule has 4 heteroatoms. The fraction of sp³-hybridized carbons (Fsp3) is 0.381. The molecule has 0 bridgehead atoms. The number of hydrogen-bond acceptors (Lipinski definition) is 2. The van der Waals surface area contributed by atoms with Gasteiger partial charge in [0.2, 0.25) is 11.8 Å². The molecule has 0 fully saturated rings. The van der Waals surface area contributed by atoms with Crippen LogP contribution in [0.2, 0.25) is 0 Å². The van der Waals surface area contributed by atoms with Gasteiger partial charge >= 0.3 is 0 Å². The fourth-order valence-electron chi connectivity index (χ4n) is 6.04. The van der Waals surface area contributed by atoms with Crippen LogP contribution in [0, 0.1) is 11.8 Å². The Labute approximate surface area is 277 Å². The maximum atomic E-state index is 14.1. The molecule has 0 spiro atoms. The quantitative estimate of drug-likeness (QED) is 0.134. The number of hydrogen-bond donors (Lipinski definition) is 0. The van der Waals surface area contributed by atoms with E-state index in [1.54, 1.807) is 0 Å². The van der Waals surface area contributed by atoms with Gasteiger partial charge in [0.1, 0.15) is 0 Å². The van der Waals surface area contributed by atoms with Crippen LogP contribution in [0.4, 0.5) is 0 Å². The number of carbonyl (C=O) groups is 2. The Bertz CT molecular complexity index is 1380.